The number of carbonyl (C=O) groups excluding carboxylic acids is 1. The lowest BCUT2D eigenvalue weighted by molar-refractivity contribution is -0.0812. The molecule has 33 heavy (non-hydrogen) atoms. The zero-order chi connectivity index (χ0) is 22.5. The third-order valence-electron chi connectivity index (χ3n) is 6.03. The van der Waals surface area contributed by atoms with E-state index in [2.05, 4.69) is 20.7 Å². The van der Waals surface area contributed by atoms with Crippen molar-refractivity contribution < 1.29 is 28.2 Å². The largest absolute Gasteiger partial charge is 0.497 e. The van der Waals surface area contributed by atoms with Crippen molar-refractivity contribution in [3.63, 3.8) is 0 Å². The molecule has 10 heteroatoms. The summed E-state index contributed by atoms with van der Waals surface area (Å²) < 4.78 is 30.3. The summed E-state index contributed by atoms with van der Waals surface area (Å²) in [6.07, 6.45) is -1.40. The fraction of sp³-hybridized carbons (Fsp3) is 0.261. The molecule has 6 rings (SSSR count). The molecule has 9 nitrogen and oxygen atoms in total. The fourth-order valence-corrected chi connectivity index (χ4v) is 4.39. The number of H-pyrrole nitrogens is 1. The smallest absolute Gasteiger partial charge is 0.287 e. The molecule has 3 aliphatic heterocycles. The van der Waals surface area contributed by atoms with Crippen molar-refractivity contribution in [3.05, 3.63) is 65.6 Å². The Kier molecular flexibility index (Phi) is 4.63. The van der Waals surface area contributed by atoms with Crippen LogP contribution in [0.3, 0.4) is 0 Å². The van der Waals surface area contributed by atoms with Gasteiger partial charge in [-0.25, -0.2) is 9.82 Å². The number of nitrogens with one attached hydrogen (secondary N) is 2. The highest BCUT2D eigenvalue weighted by Crippen LogP contribution is 2.38. The van der Waals surface area contributed by atoms with Gasteiger partial charge in [0.2, 0.25) is 0 Å². The number of hydrogen-bond acceptors (Lipinski definition) is 7. The second-order valence-corrected chi connectivity index (χ2v) is 7.98. The normalized spacial score (nSPS) is 26.7. The van der Waals surface area contributed by atoms with E-state index in [4.69, 9.17) is 19.0 Å². The lowest BCUT2D eigenvalue weighted by Crippen LogP contribution is -2.49. The highest BCUT2D eigenvalue weighted by atomic mass is 19.1. The molecular formula is C23H19FN4O5. The van der Waals surface area contributed by atoms with Crippen LogP contribution in [0.15, 0.2) is 58.8 Å². The van der Waals surface area contributed by atoms with Crippen LogP contribution in [0.2, 0.25) is 0 Å². The van der Waals surface area contributed by atoms with Crippen LogP contribution in [-0.2, 0) is 14.3 Å². The van der Waals surface area contributed by atoms with Gasteiger partial charge in [-0.05, 0) is 48.5 Å². The molecular weight excluding hydrogens is 431 g/mol. The third kappa shape index (κ3) is 3.35. The van der Waals surface area contributed by atoms with Gasteiger partial charge in [0.1, 0.15) is 29.1 Å². The standard InChI is InChI=1S/C23H19FN4O5/c1-30-14-5-2-11(3-6-14)19-18-20(23-31-10-17(32-23)21(18)33-28-19)26-27-22(29)16-9-12-8-13(24)4-7-15(12)25-16/h2-9,17-18,21,23,25H,10H2,1H3,(H,27,29)/b26-20+/t17-,18-,21+,23+/m0/s1. The minimum absolute atomic E-state index is 0.255. The Morgan fingerprint density at radius 3 is 2.91 bits per heavy atom. The number of ether oxygens (including phenoxy) is 3. The summed E-state index contributed by atoms with van der Waals surface area (Å²) in [4.78, 5) is 21.4. The molecule has 0 unspecified atom stereocenters. The lowest BCUT2D eigenvalue weighted by atomic mass is 9.84. The van der Waals surface area contributed by atoms with Gasteiger partial charge in [-0.15, -0.1) is 0 Å². The van der Waals surface area contributed by atoms with Crippen LogP contribution < -0.4 is 10.2 Å². The van der Waals surface area contributed by atoms with Crippen LogP contribution in [0, 0.1) is 11.7 Å². The van der Waals surface area contributed by atoms with E-state index in [0.29, 0.717) is 28.9 Å². The van der Waals surface area contributed by atoms with E-state index in [-0.39, 0.29) is 23.5 Å². The van der Waals surface area contributed by atoms with Crippen molar-refractivity contribution >= 4 is 28.2 Å². The number of rotatable bonds is 4. The fourth-order valence-electron chi connectivity index (χ4n) is 4.39. The van der Waals surface area contributed by atoms with Crippen LogP contribution in [0.5, 0.6) is 5.75 Å². The zero-order valence-electron chi connectivity index (χ0n) is 17.4. The first kappa shape index (κ1) is 19.9. The molecule has 0 aliphatic carbocycles. The van der Waals surface area contributed by atoms with E-state index in [1.54, 1.807) is 19.2 Å². The molecule has 3 aromatic rings. The summed E-state index contributed by atoms with van der Waals surface area (Å²) in [5.41, 5.74) is 5.46. The molecule has 4 heterocycles. The number of carbonyl (C=O) groups is 1. The van der Waals surface area contributed by atoms with Crippen molar-refractivity contribution in [2.24, 2.45) is 16.2 Å². The number of nitrogens with zero attached hydrogens (tertiary/aromatic N) is 2. The number of oxime groups is 1. The lowest BCUT2D eigenvalue weighted by Gasteiger charge is -2.30. The topological polar surface area (TPSA) is 107 Å². The van der Waals surface area contributed by atoms with Crippen molar-refractivity contribution in [1.29, 1.82) is 0 Å². The quantitative estimate of drug-likeness (QED) is 0.595. The number of benzene rings is 2. The van der Waals surface area contributed by atoms with Gasteiger partial charge in [0.25, 0.3) is 5.91 Å². The minimum atomic E-state index is -0.710. The number of aromatic nitrogens is 1. The summed E-state index contributed by atoms with van der Waals surface area (Å²) in [5.74, 6) is -0.470. The van der Waals surface area contributed by atoms with Crippen molar-refractivity contribution in [3.8, 4) is 5.75 Å². The number of fused-ring (bicyclic) bond motifs is 5. The molecule has 0 spiro atoms. The molecule has 2 fully saturated rings. The van der Waals surface area contributed by atoms with Gasteiger partial charge < -0.3 is 24.0 Å². The third-order valence-corrected chi connectivity index (χ3v) is 6.03. The van der Waals surface area contributed by atoms with E-state index in [0.717, 1.165) is 11.3 Å². The van der Waals surface area contributed by atoms with Gasteiger partial charge in [-0.2, -0.15) is 5.10 Å². The molecule has 2 N–H and O–H groups in total. The summed E-state index contributed by atoms with van der Waals surface area (Å²) in [7, 11) is 1.60. The molecule has 2 bridgehead atoms. The Balaban J connectivity index is 1.29. The van der Waals surface area contributed by atoms with Crippen molar-refractivity contribution in [2.45, 2.75) is 18.5 Å². The Hall–Kier alpha value is -3.76. The number of hydrogen-bond donors (Lipinski definition) is 2. The van der Waals surface area contributed by atoms with E-state index < -0.39 is 18.3 Å². The molecule has 1 aromatic heterocycles. The first-order valence-corrected chi connectivity index (χ1v) is 10.4. The van der Waals surface area contributed by atoms with Gasteiger partial charge in [0.05, 0.1) is 25.3 Å². The van der Waals surface area contributed by atoms with E-state index in [9.17, 15) is 9.18 Å². The summed E-state index contributed by atoms with van der Waals surface area (Å²) in [6, 6.07) is 13.3. The average Bonchev–Trinajstić information content (AvgIpc) is 3.56. The van der Waals surface area contributed by atoms with Crippen molar-refractivity contribution in [1.82, 2.24) is 10.4 Å². The van der Waals surface area contributed by atoms with Gasteiger partial charge in [-0.1, -0.05) is 5.16 Å². The Morgan fingerprint density at radius 1 is 1.24 bits per heavy atom. The van der Waals surface area contributed by atoms with Crippen LogP contribution in [-0.4, -0.2) is 54.5 Å². The number of methoxy groups -OCH3 is 1. The minimum Gasteiger partial charge on any atom is -0.497 e. The molecule has 2 aromatic carbocycles. The maximum atomic E-state index is 13.5. The Bertz CT molecular complexity index is 1300. The highest BCUT2D eigenvalue weighted by molar-refractivity contribution is 6.17. The van der Waals surface area contributed by atoms with Gasteiger partial charge >= 0.3 is 0 Å². The molecule has 4 atom stereocenters. The second kappa shape index (κ2) is 7.68. The summed E-state index contributed by atoms with van der Waals surface area (Å²) in [6.45, 7) is 0.345. The highest BCUT2D eigenvalue weighted by Gasteiger charge is 2.55. The molecule has 168 valence electrons. The van der Waals surface area contributed by atoms with Gasteiger partial charge in [-0.3, -0.25) is 4.79 Å². The first-order valence-electron chi connectivity index (χ1n) is 10.4. The molecule has 3 aliphatic rings. The van der Waals surface area contributed by atoms with Gasteiger partial charge in [0, 0.05) is 16.5 Å². The molecule has 1 amide bonds. The zero-order valence-corrected chi connectivity index (χ0v) is 17.4. The number of amides is 1. The maximum Gasteiger partial charge on any atom is 0.287 e. The molecule has 0 saturated carbocycles. The maximum absolute atomic E-state index is 13.5. The SMILES string of the molecule is COc1ccc(C2=NO[C@@H]3[C@@H]4CO[C@H](O4)/C(=N/NC(=O)c4cc5cc(F)ccc5[nH]4)[C@H]23)cc1. The average molecular weight is 450 g/mol. The predicted octanol–water partition coefficient (Wildman–Crippen LogP) is 2.58. The monoisotopic (exact) mass is 450 g/mol. The Morgan fingerprint density at radius 2 is 2.09 bits per heavy atom. The van der Waals surface area contributed by atoms with E-state index >= 15 is 0 Å². The second-order valence-electron chi connectivity index (χ2n) is 7.98. The molecule has 0 radical (unpaired) electrons. The van der Waals surface area contributed by atoms with Crippen molar-refractivity contribution in [2.75, 3.05) is 13.7 Å². The number of aromatic amines is 1. The first-order chi connectivity index (χ1) is 16.1. The predicted molar refractivity (Wildman–Crippen MR) is 116 cm³/mol. The number of halogens is 1. The Labute approximate surface area is 187 Å². The molecule has 2 saturated heterocycles. The number of hydrazone groups is 1. The van der Waals surface area contributed by atoms with Crippen LogP contribution in [0.4, 0.5) is 4.39 Å². The van der Waals surface area contributed by atoms with E-state index in [1.807, 2.05) is 24.3 Å². The van der Waals surface area contributed by atoms with Crippen LogP contribution in [0.1, 0.15) is 16.1 Å². The van der Waals surface area contributed by atoms with Crippen LogP contribution >= 0.6 is 0 Å². The van der Waals surface area contributed by atoms with Gasteiger partial charge in [0.15, 0.2) is 12.4 Å². The van der Waals surface area contributed by atoms with Crippen LogP contribution in [0.25, 0.3) is 10.9 Å². The van der Waals surface area contributed by atoms with E-state index in [1.165, 1.54) is 12.1 Å². The summed E-state index contributed by atoms with van der Waals surface area (Å²) >= 11 is 0. The summed E-state index contributed by atoms with van der Waals surface area (Å²) in [5, 5.41) is 9.26.